The van der Waals surface area contributed by atoms with Crippen molar-refractivity contribution in [3.05, 3.63) is 29.8 Å². The molecule has 0 aromatic heterocycles. The minimum Gasteiger partial charge on any atom is -0.471 e. The Balaban J connectivity index is 2.67. The summed E-state index contributed by atoms with van der Waals surface area (Å²) in [6.07, 6.45) is -0.358. The molecule has 2 amide bonds. The van der Waals surface area contributed by atoms with Crippen LogP contribution in [0.4, 0.5) is 4.79 Å². The molecule has 0 radical (unpaired) electrons. The first-order valence-electron chi connectivity index (χ1n) is 7.30. The summed E-state index contributed by atoms with van der Waals surface area (Å²) < 4.78 is 5.86. The first-order chi connectivity index (χ1) is 9.49. The van der Waals surface area contributed by atoms with Crippen LogP contribution < -0.4 is 10.1 Å². The lowest BCUT2D eigenvalue weighted by Crippen LogP contribution is -2.45. The van der Waals surface area contributed by atoms with Gasteiger partial charge < -0.3 is 15.0 Å². The zero-order valence-corrected chi connectivity index (χ0v) is 13.1. The van der Waals surface area contributed by atoms with Crippen LogP contribution in [0.15, 0.2) is 24.3 Å². The Kier molecular flexibility index (Phi) is 6.36. The van der Waals surface area contributed by atoms with Crippen LogP contribution in [0.3, 0.4) is 0 Å². The molecule has 0 aliphatic rings. The van der Waals surface area contributed by atoms with Crippen molar-refractivity contribution in [2.75, 3.05) is 13.1 Å². The van der Waals surface area contributed by atoms with Gasteiger partial charge in [0.05, 0.1) is 0 Å². The second kappa shape index (κ2) is 7.78. The fourth-order valence-electron chi connectivity index (χ4n) is 2.06. The summed E-state index contributed by atoms with van der Waals surface area (Å²) >= 11 is 0. The van der Waals surface area contributed by atoms with Crippen LogP contribution in [-0.2, 0) is 0 Å². The number of hydrogen-bond donors (Lipinski definition) is 1. The molecule has 1 atom stereocenters. The highest BCUT2D eigenvalue weighted by Crippen LogP contribution is 2.26. The van der Waals surface area contributed by atoms with E-state index in [1.54, 1.807) is 4.90 Å². The van der Waals surface area contributed by atoms with Gasteiger partial charge in [-0.3, -0.25) is 0 Å². The fraction of sp³-hybridized carbons (Fsp3) is 0.562. The summed E-state index contributed by atoms with van der Waals surface area (Å²) in [6, 6.07) is 7.85. The van der Waals surface area contributed by atoms with Crippen molar-refractivity contribution in [3.8, 4) is 5.75 Å². The Morgan fingerprint density at radius 1 is 1.20 bits per heavy atom. The van der Waals surface area contributed by atoms with E-state index < -0.39 is 0 Å². The first kappa shape index (κ1) is 16.3. The number of ether oxygens (including phenoxy) is 1. The maximum atomic E-state index is 12.0. The number of urea groups is 1. The average Bonchev–Trinajstić information content (AvgIpc) is 2.40. The number of hydrogen-bond acceptors (Lipinski definition) is 2. The topological polar surface area (TPSA) is 41.6 Å². The molecule has 4 nitrogen and oxygen atoms in total. The molecule has 112 valence electrons. The van der Waals surface area contributed by atoms with Crippen molar-refractivity contribution >= 4 is 6.03 Å². The molecule has 1 aromatic rings. The molecule has 0 aliphatic heterocycles. The van der Waals surface area contributed by atoms with Crippen LogP contribution in [0, 0.1) is 0 Å². The van der Waals surface area contributed by atoms with Gasteiger partial charge in [-0.2, -0.15) is 0 Å². The largest absolute Gasteiger partial charge is 0.471 e. The van der Waals surface area contributed by atoms with Crippen molar-refractivity contribution in [2.45, 2.75) is 46.8 Å². The van der Waals surface area contributed by atoms with E-state index >= 15 is 0 Å². The van der Waals surface area contributed by atoms with Crippen LogP contribution in [0.25, 0.3) is 0 Å². The third-order valence-corrected chi connectivity index (χ3v) is 3.22. The fourth-order valence-corrected chi connectivity index (χ4v) is 2.06. The molecule has 0 saturated carbocycles. The van der Waals surface area contributed by atoms with Gasteiger partial charge in [0.2, 0.25) is 0 Å². The van der Waals surface area contributed by atoms with Crippen molar-refractivity contribution in [1.29, 1.82) is 0 Å². The van der Waals surface area contributed by atoms with E-state index in [0.717, 1.165) is 11.3 Å². The van der Waals surface area contributed by atoms with Crippen molar-refractivity contribution < 1.29 is 9.53 Å². The molecular formula is C16H26N2O2. The lowest BCUT2D eigenvalue weighted by atomic mass is 10.0. The van der Waals surface area contributed by atoms with Gasteiger partial charge in [0.1, 0.15) is 5.75 Å². The number of carbonyl (C=O) groups excluding carboxylic acids is 1. The Hall–Kier alpha value is -1.71. The summed E-state index contributed by atoms with van der Waals surface area (Å²) in [4.78, 5) is 13.7. The standard InChI is InChI=1S/C16H26N2O2/c1-6-18(7-2)16(19)17-13(5)20-15-11-9-8-10-14(15)12(3)4/h8-13H,6-7H2,1-5H3,(H,17,19). The van der Waals surface area contributed by atoms with Gasteiger partial charge in [0.25, 0.3) is 0 Å². The van der Waals surface area contributed by atoms with Gasteiger partial charge in [0.15, 0.2) is 6.23 Å². The van der Waals surface area contributed by atoms with Gasteiger partial charge in [-0.25, -0.2) is 4.79 Å². The normalized spacial score (nSPS) is 12.1. The molecule has 1 unspecified atom stereocenters. The molecule has 0 bridgehead atoms. The molecule has 0 aliphatic carbocycles. The molecule has 0 fully saturated rings. The van der Waals surface area contributed by atoms with Crippen LogP contribution in [-0.4, -0.2) is 30.2 Å². The third-order valence-electron chi connectivity index (χ3n) is 3.22. The van der Waals surface area contributed by atoms with Gasteiger partial charge in [-0.1, -0.05) is 32.0 Å². The maximum Gasteiger partial charge on any atom is 0.320 e. The van der Waals surface area contributed by atoms with Crippen LogP contribution in [0.5, 0.6) is 5.75 Å². The number of nitrogens with one attached hydrogen (secondary N) is 1. The summed E-state index contributed by atoms with van der Waals surface area (Å²) in [5.74, 6) is 1.21. The van der Waals surface area contributed by atoms with Crippen LogP contribution >= 0.6 is 0 Å². The molecule has 1 rings (SSSR count). The number of amides is 2. The second-order valence-electron chi connectivity index (χ2n) is 5.07. The Bertz CT molecular complexity index is 428. The Morgan fingerprint density at radius 3 is 2.35 bits per heavy atom. The zero-order valence-electron chi connectivity index (χ0n) is 13.1. The summed E-state index contributed by atoms with van der Waals surface area (Å²) in [5.41, 5.74) is 1.15. The highest BCUT2D eigenvalue weighted by molar-refractivity contribution is 5.74. The summed E-state index contributed by atoms with van der Waals surface area (Å²) in [6.45, 7) is 11.4. The Labute approximate surface area is 122 Å². The number of nitrogens with zero attached hydrogens (tertiary/aromatic N) is 1. The van der Waals surface area contributed by atoms with E-state index in [4.69, 9.17) is 4.74 Å². The first-order valence-corrected chi connectivity index (χ1v) is 7.30. The zero-order chi connectivity index (χ0) is 15.1. The molecule has 1 aromatic carbocycles. The van der Waals surface area contributed by atoms with E-state index in [-0.39, 0.29) is 12.3 Å². The number of rotatable bonds is 6. The number of carbonyl (C=O) groups is 1. The lowest BCUT2D eigenvalue weighted by Gasteiger charge is -2.24. The van der Waals surface area contributed by atoms with Crippen molar-refractivity contribution in [3.63, 3.8) is 0 Å². The Morgan fingerprint density at radius 2 is 1.80 bits per heavy atom. The highest BCUT2D eigenvalue weighted by Gasteiger charge is 2.15. The van der Waals surface area contributed by atoms with Crippen molar-refractivity contribution in [2.24, 2.45) is 0 Å². The molecule has 1 N–H and O–H groups in total. The number of benzene rings is 1. The minimum atomic E-state index is -0.358. The SMILES string of the molecule is CCN(CC)C(=O)NC(C)Oc1ccccc1C(C)C. The van der Waals surface area contributed by atoms with E-state index in [2.05, 4.69) is 25.2 Å². The molecule has 0 spiro atoms. The van der Waals surface area contributed by atoms with Crippen molar-refractivity contribution in [1.82, 2.24) is 10.2 Å². The van der Waals surface area contributed by atoms with Gasteiger partial charge in [0, 0.05) is 13.1 Å². The highest BCUT2D eigenvalue weighted by atomic mass is 16.5. The quantitative estimate of drug-likeness (QED) is 0.808. The average molecular weight is 278 g/mol. The van der Waals surface area contributed by atoms with Crippen LogP contribution in [0.1, 0.15) is 46.1 Å². The predicted molar refractivity (Wildman–Crippen MR) is 82.1 cm³/mol. The summed E-state index contributed by atoms with van der Waals surface area (Å²) in [5, 5.41) is 2.86. The van der Waals surface area contributed by atoms with Crippen LogP contribution in [0.2, 0.25) is 0 Å². The second-order valence-corrected chi connectivity index (χ2v) is 5.07. The molecule has 4 heteroatoms. The monoisotopic (exact) mass is 278 g/mol. The smallest absolute Gasteiger partial charge is 0.320 e. The molecular weight excluding hydrogens is 252 g/mol. The van der Waals surface area contributed by atoms with E-state index in [1.165, 1.54) is 0 Å². The molecule has 0 heterocycles. The van der Waals surface area contributed by atoms with Gasteiger partial charge >= 0.3 is 6.03 Å². The van der Waals surface area contributed by atoms with Gasteiger partial charge in [-0.05, 0) is 38.3 Å². The van der Waals surface area contributed by atoms with E-state index in [1.807, 2.05) is 39.0 Å². The van der Waals surface area contributed by atoms with Gasteiger partial charge in [-0.15, -0.1) is 0 Å². The lowest BCUT2D eigenvalue weighted by molar-refractivity contribution is 0.155. The minimum absolute atomic E-state index is 0.0930. The molecule has 0 saturated heterocycles. The maximum absolute atomic E-state index is 12.0. The number of para-hydroxylation sites is 1. The summed E-state index contributed by atoms with van der Waals surface area (Å²) in [7, 11) is 0. The third kappa shape index (κ3) is 4.44. The van der Waals surface area contributed by atoms with E-state index in [9.17, 15) is 4.79 Å². The van der Waals surface area contributed by atoms with E-state index in [0.29, 0.717) is 19.0 Å². The predicted octanol–water partition coefficient (Wildman–Crippen LogP) is 3.59. The molecule has 20 heavy (non-hydrogen) atoms.